The third-order valence-corrected chi connectivity index (χ3v) is 5.25. The van der Waals surface area contributed by atoms with Crippen LogP contribution in [-0.2, 0) is 10.2 Å². The van der Waals surface area contributed by atoms with Crippen LogP contribution in [0.3, 0.4) is 0 Å². The zero-order valence-electron chi connectivity index (χ0n) is 13.5. The van der Waals surface area contributed by atoms with E-state index in [9.17, 15) is 9.18 Å². The Hall–Kier alpha value is -1.81. The quantitative estimate of drug-likeness (QED) is 0.781. The van der Waals surface area contributed by atoms with Crippen molar-refractivity contribution in [3.63, 3.8) is 0 Å². The number of thioether (sulfide) groups is 1. The van der Waals surface area contributed by atoms with Gasteiger partial charge in [0.05, 0.1) is 11.4 Å². The Labute approximate surface area is 140 Å². The Morgan fingerprint density at radius 1 is 1.09 bits per heavy atom. The van der Waals surface area contributed by atoms with Crippen LogP contribution in [0.15, 0.2) is 48.5 Å². The lowest BCUT2D eigenvalue weighted by Gasteiger charge is -2.26. The molecule has 1 amide bonds. The van der Waals surface area contributed by atoms with E-state index in [1.54, 1.807) is 23.1 Å². The highest BCUT2D eigenvalue weighted by molar-refractivity contribution is 8.00. The molecule has 2 nitrogen and oxygen atoms in total. The predicted molar refractivity (Wildman–Crippen MR) is 94.2 cm³/mol. The molecule has 1 atom stereocenters. The van der Waals surface area contributed by atoms with Gasteiger partial charge in [-0.3, -0.25) is 9.69 Å². The lowest BCUT2D eigenvalue weighted by Crippen LogP contribution is -2.28. The summed E-state index contributed by atoms with van der Waals surface area (Å²) >= 11 is 1.54. The zero-order valence-corrected chi connectivity index (χ0v) is 14.4. The van der Waals surface area contributed by atoms with E-state index < -0.39 is 0 Å². The van der Waals surface area contributed by atoms with E-state index in [1.807, 2.05) is 12.1 Å². The highest BCUT2D eigenvalue weighted by atomic mass is 32.2. The normalized spacial score (nSPS) is 18.5. The molecule has 23 heavy (non-hydrogen) atoms. The number of benzene rings is 2. The third kappa shape index (κ3) is 3.13. The number of hydrogen-bond donors (Lipinski definition) is 0. The second-order valence-electron chi connectivity index (χ2n) is 6.75. The monoisotopic (exact) mass is 329 g/mol. The second-order valence-corrected chi connectivity index (χ2v) is 7.82. The van der Waals surface area contributed by atoms with Gasteiger partial charge in [0.2, 0.25) is 5.91 Å². The van der Waals surface area contributed by atoms with E-state index in [-0.39, 0.29) is 22.5 Å². The molecule has 120 valence electrons. The number of anilines is 1. The van der Waals surface area contributed by atoms with Gasteiger partial charge in [-0.1, -0.05) is 57.2 Å². The first kappa shape index (κ1) is 16.1. The van der Waals surface area contributed by atoms with Gasteiger partial charge in [0.25, 0.3) is 0 Å². The molecule has 1 saturated heterocycles. The van der Waals surface area contributed by atoms with E-state index in [4.69, 9.17) is 0 Å². The highest BCUT2D eigenvalue weighted by Gasteiger charge is 2.35. The van der Waals surface area contributed by atoms with Gasteiger partial charge >= 0.3 is 0 Å². The minimum absolute atomic E-state index is 0.0509. The Bertz CT molecular complexity index is 721. The van der Waals surface area contributed by atoms with Crippen molar-refractivity contribution in [2.24, 2.45) is 0 Å². The fourth-order valence-corrected chi connectivity index (χ4v) is 3.90. The van der Waals surface area contributed by atoms with Crippen LogP contribution in [0, 0.1) is 5.82 Å². The van der Waals surface area contributed by atoms with Crippen LogP contribution in [0.25, 0.3) is 0 Å². The maximum atomic E-state index is 14.1. The number of carbonyl (C=O) groups is 1. The van der Waals surface area contributed by atoms with Gasteiger partial charge in [-0.05, 0) is 28.7 Å². The third-order valence-electron chi connectivity index (χ3n) is 4.04. The molecular formula is C19H20FNOS. The van der Waals surface area contributed by atoms with Gasteiger partial charge < -0.3 is 0 Å². The maximum Gasteiger partial charge on any atom is 0.238 e. The molecule has 1 fully saturated rings. The molecule has 1 aliphatic rings. The molecule has 1 heterocycles. The number of nitrogens with zero attached hydrogens (tertiary/aromatic N) is 1. The molecule has 0 unspecified atom stereocenters. The number of halogens is 1. The van der Waals surface area contributed by atoms with Gasteiger partial charge in [0, 0.05) is 0 Å². The van der Waals surface area contributed by atoms with Crippen molar-refractivity contribution in [3.05, 3.63) is 65.5 Å². The summed E-state index contributed by atoms with van der Waals surface area (Å²) in [4.78, 5) is 13.9. The van der Waals surface area contributed by atoms with Crippen molar-refractivity contribution in [1.82, 2.24) is 0 Å². The molecular weight excluding hydrogens is 309 g/mol. The average Bonchev–Trinajstić information content (AvgIpc) is 2.89. The van der Waals surface area contributed by atoms with Crippen molar-refractivity contribution in [2.45, 2.75) is 31.6 Å². The van der Waals surface area contributed by atoms with Crippen LogP contribution < -0.4 is 4.90 Å². The number of amides is 1. The number of para-hydroxylation sites is 1. The van der Waals surface area contributed by atoms with Crippen molar-refractivity contribution in [1.29, 1.82) is 0 Å². The lowest BCUT2D eigenvalue weighted by molar-refractivity contribution is -0.115. The molecule has 0 aromatic heterocycles. The number of hydrogen-bond acceptors (Lipinski definition) is 2. The SMILES string of the molecule is CC(C)(C)c1ccc([C@@H]2SCC(=O)N2c2ccccc2F)cc1. The molecule has 0 N–H and O–H groups in total. The Kier molecular flexibility index (Phi) is 4.19. The standard InChI is InChI=1S/C19H20FNOS/c1-19(2,3)14-10-8-13(9-11-14)18-21(17(22)12-23-18)16-7-5-4-6-15(16)20/h4-11,18H,12H2,1-3H3/t18-/m0/s1. The summed E-state index contributed by atoms with van der Waals surface area (Å²) in [5, 5.41) is -0.173. The van der Waals surface area contributed by atoms with E-state index >= 15 is 0 Å². The summed E-state index contributed by atoms with van der Waals surface area (Å²) in [5.74, 6) is -0.0373. The first-order chi connectivity index (χ1) is 10.9. The van der Waals surface area contributed by atoms with E-state index in [2.05, 4.69) is 32.9 Å². The summed E-state index contributed by atoms with van der Waals surface area (Å²) in [6.45, 7) is 6.50. The fourth-order valence-electron chi connectivity index (χ4n) is 2.73. The molecule has 4 heteroatoms. The number of carbonyl (C=O) groups excluding carboxylic acids is 1. The molecule has 0 aliphatic carbocycles. The predicted octanol–water partition coefficient (Wildman–Crippen LogP) is 4.90. The van der Waals surface area contributed by atoms with Crippen LogP contribution in [0.4, 0.5) is 10.1 Å². The number of rotatable bonds is 2. The van der Waals surface area contributed by atoms with Crippen molar-refractivity contribution < 1.29 is 9.18 Å². The van der Waals surface area contributed by atoms with Gasteiger partial charge in [-0.25, -0.2) is 4.39 Å². The van der Waals surface area contributed by atoms with E-state index in [0.717, 1.165) is 5.56 Å². The van der Waals surface area contributed by atoms with Gasteiger partial charge in [-0.15, -0.1) is 11.8 Å². The molecule has 0 bridgehead atoms. The van der Waals surface area contributed by atoms with Crippen LogP contribution >= 0.6 is 11.8 Å². The first-order valence-corrected chi connectivity index (χ1v) is 8.71. The summed E-state index contributed by atoms with van der Waals surface area (Å²) in [6, 6.07) is 14.7. The second kappa shape index (κ2) is 6.00. The average molecular weight is 329 g/mol. The fraction of sp³-hybridized carbons (Fsp3) is 0.316. The summed E-state index contributed by atoms with van der Waals surface area (Å²) in [6.07, 6.45) is 0. The van der Waals surface area contributed by atoms with Crippen molar-refractivity contribution in [2.75, 3.05) is 10.7 Å². The summed E-state index contributed by atoms with van der Waals surface area (Å²) in [7, 11) is 0. The zero-order chi connectivity index (χ0) is 16.6. The Balaban J connectivity index is 1.95. The summed E-state index contributed by atoms with van der Waals surface area (Å²) < 4.78 is 14.1. The van der Waals surface area contributed by atoms with Crippen LogP contribution in [0.1, 0.15) is 37.3 Å². The van der Waals surface area contributed by atoms with Crippen LogP contribution in [0.5, 0.6) is 0 Å². The largest absolute Gasteiger partial charge is 0.292 e. The Morgan fingerprint density at radius 3 is 2.35 bits per heavy atom. The highest BCUT2D eigenvalue weighted by Crippen LogP contribution is 2.42. The van der Waals surface area contributed by atoms with Gasteiger partial charge in [0.1, 0.15) is 11.2 Å². The van der Waals surface area contributed by atoms with E-state index in [1.165, 1.54) is 23.4 Å². The Morgan fingerprint density at radius 2 is 1.74 bits per heavy atom. The maximum absolute atomic E-state index is 14.1. The minimum atomic E-state index is -0.361. The topological polar surface area (TPSA) is 20.3 Å². The van der Waals surface area contributed by atoms with Crippen LogP contribution in [-0.4, -0.2) is 11.7 Å². The van der Waals surface area contributed by atoms with Crippen molar-refractivity contribution in [3.8, 4) is 0 Å². The van der Waals surface area contributed by atoms with Gasteiger partial charge in [-0.2, -0.15) is 0 Å². The molecule has 0 spiro atoms. The molecule has 1 aliphatic heterocycles. The van der Waals surface area contributed by atoms with Crippen molar-refractivity contribution >= 4 is 23.4 Å². The molecule has 2 aromatic rings. The van der Waals surface area contributed by atoms with Gasteiger partial charge in [0.15, 0.2) is 0 Å². The van der Waals surface area contributed by atoms with E-state index in [0.29, 0.717) is 11.4 Å². The summed E-state index contributed by atoms with van der Waals surface area (Å²) in [5.41, 5.74) is 2.71. The molecule has 2 aromatic carbocycles. The molecule has 0 radical (unpaired) electrons. The first-order valence-electron chi connectivity index (χ1n) is 7.66. The minimum Gasteiger partial charge on any atom is -0.292 e. The smallest absolute Gasteiger partial charge is 0.238 e. The lowest BCUT2D eigenvalue weighted by atomic mass is 9.86. The van der Waals surface area contributed by atoms with Crippen LogP contribution in [0.2, 0.25) is 0 Å². The molecule has 3 rings (SSSR count). The molecule has 0 saturated carbocycles.